The summed E-state index contributed by atoms with van der Waals surface area (Å²) in [6.45, 7) is 2.77. The number of rotatable bonds is 4. The molecule has 0 radical (unpaired) electrons. The van der Waals surface area contributed by atoms with Gasteiger partial charge in [-0.2, -0.15) is 5.10 Å². The number of hydrogen-bond donors (Lipinski definition) is 1. The van der Waals surface area contributed by atoms with Crippen LogP contribution in [0.25, 0.3) is 0 Å². The lowest BCUT2D eigenvalue weighted by Crippen LogP contribution is -2.33. The van der Waals surface area contributed by atoms with Gasteiger partial charge in [-0.15, -0.1) is 0 Å². The van der Waals surface area contributed by atoms with Crippen LogP contribution in [0.15, 0.2) is 29.5 Å². The van der Waals surface area contributed by atoms with Crippen molar-refractivity contribution in [3.05, 3.63) is 30.1 Å². The van der Waals surface area contributed by atoms with E-state index in [9.17, 15) is 4.79 Å². The van der Waals surface area contributed by atoms with Crippen LogP contribution in [0.5, 0.6) is 0 Å². The van der Waals surface area contributed by atoms with E-state index in [4.69, 9.17) is 9.47 Å². The van der Waals surface area contributed by atoms with E-state index in [1.807, 2.05) is 12.1 Å². The van der Waals surface area contributed by atoms with E-state index in [2.05, 4.69) is 15.5 Å². The highest BCUT2D eigenvalue weighted by molar-refractivity contribution is 5.81. The number of carbonyl (C=O) groups is 1. The Morgan fingerprint density at radius 2 is 2.33 bits per heavy atom. The minimum Gasteiger partial charge on any atom is -0.347 e. The fraction of sp³-hybridized carbons (Fsp3) is 0.417. The third-order valence-electron chi connectivity index (χ3n) is 2.45. The number of nitrogens with zero attached hydrogens (tertiary/aromatic N) is 2. The molecule has 1 aromatic heterocycles. The van der Waals surface area contributed by atoms with Gasteiger partial charge in [-0.3, -0.25) is 9.78 Å². The number of carbonyl (C=O) groups excluding carboxylic acids is 1. The highest BCUT2D eigenvalue weighted by Gasteiger charge is 2.33. The van der Waals surface area contributed by atoms with Crippen LogP contribution >= 0.6 is 0 Å². The standard InChI is InChI=1S/C12H15N3O3/c1-12(17-6-7-18-12)8-11(16)15-14-9-10-4-2-3-5-13-10/h2-5,9H,6-8H2,1H3,(H,15,16)/b14-9+. The normalized spacial score (nSPS) is 18.1. The van der Waals surface area contributed by atoms with Gasteiger partial charge in [0.25, 0.3) is 0 Å². The maximum absolute atomic E-state index is 11.6. The number of amides is 1. The minimum absolute atomic E-state index is 0.118. The first-order valence-electron chi connectivity index (χ1n) is 5.69. The molecular formula is C12H15N3O3. The zero-order chi connectivity index (χ0) is 12.8. The summed E-state index contributed by atoms with van der Waals surface area (Å²) in [5.74, 6) is -1.09. The van der Waals surface area contributed by atoms with Crippen LogP contribution in [0, 0.1) is 0 Å². The molecule has 6 heteroatoms. The summed E-state index contributed by atoms with van der Waals surface area (Å²) >= 11 is 0. The van der Waals surface area contributed by atoms with Gasteiger partial charge in [0, 0.05) is 6.20 Å². The molecule has 0 unspecified atom stereocenters. The van der Waals surface area contributed by atoms with Gasteiger partial charge < -0.3 is 9.47 Å². The van der Waals surface area contributed by atoms with Gasteiger partial charge in [0.2, 0.25) is 5.91 Å². The van der Waals surface area contributed by atoms with Crippen molar-refractivity contribution >= 4 is 12.1 Å². The summed E-state index contributed by atoms with van der Waals surface area (Å²) in [5.41, 5.74) is 3.09. The van der Waals surface area contributed by atoms with Crippen LogP contribution in [0.3, 0.4) is 0 Å². The van der Waals surface area contributed by atoms with Crippen molar-refractivity contribution in [3.63, 3.8) is 0 Å². The first-order chi connectivity index (χ1) is 8.68. The molecule has 18 heavy (non-hydrogen) atoms. The first-order valence-corrected chi connectivity index (χ1v) is 5.69. The number of ether oxygens (including phenoxy) is 2. The van der Waals surface area contributed by atoms with E-state index >= 15 is 0 Å². The Hall–Kier alpha value is -1.79. The molecule has 1 aliphatic heterocycles. The van der Waals surface area contributed by atoms with Crippen LogP contribution in [0.2, 0.25) is 0 Å². The quantitative estimate of drug-likeness (QED) is 0.629. The highest BCUT2D eigenvalue weighted by Crippen LogP contribution is 2.21. The Labute approximate surface area is 105 Å². The molecule has 0 aliphatic carbocycles. The maximum atomic E-state index is 11.6. The lowest BCUT2D eigenvalue weighted by atomic mass is 10.2. The summed E-state index contributed by atoms with van der Waals surface area (Å²) < 4.78 is 10.7. The van der Waals surface area contributed by atoms with E-state index in [0.717, 1.165) is 0 Å². The smallest absolute Gasteiger partial charge is 0.245 e. The third-order valence-corrected chi connectivity index (χ3v) is 2.45. The Morgan fingerprint density at radius 1 is 1.56 bits per heavy atom. The zero-order valence-corrected chi connectivity index (χ0v) is 10.1. The minimum atomic E-state index is -0.829. The SMILES string of the molecule is CC1(CC(=O)N/N=C/c2ccccn2)OCCO1. The number of nitrogens with one attached hydrogen (secondary N) is 1. The van der Waals surface area contributed by atoms with Crippen molar-refractivity contribution in [2.45, 2.75) is 19.1 Å². The largest absolute Gasteiger partial charge is 0.347 e. The first kappa shape index (κ1) is 12.7. The summed E-state index contributed by atoms with van der Waals surface area (Å²) in [7, 11) is 0. The number of hydrazone groups is 1. The topological polar surface area (TPSA) is 72.8 Å². The molecule has 0 saturated carbocycles. The molecule has 2 rings (SSSR count). The highest BCUT2D eigenvalue weighted by atomic mass is 16.7. The average molecular weight is 249 g/mol. The van der Waals surface area contributed by atoms with Crippen LogP contribution in [0.4, 0.5) is 0 Å². The molecule has 6 nitrogen and oxygen atoms in total. The van der Waals surface area contributed by atoms with E-state index < -0.39 is 5.79 Å². The number of pyridine rings is 1. The average Bonchev–Trinajstić information content (AvgIpc) is 2.77. The molecule has 0 spiro atoms. The Kier molecular flexibility index (Phi) is 4.01. The van der Waals surface area contributed by atoms with Gasteiger partial charge in [-0.25, -0.2) is 5.43 Å². The van der Waals surface area contributed by atoms with Crippen molar-refractivity contribution in [2.75, 3.05) is 13.2 Å². The van der Waals surface area contributed by atoms with E-state index in [1.54, 1.807) is 19.2 Å². The van der Waals surface area contributed by atoms with Gasteiger partial charge in [-0.1, -0.05) is 6.07 Å². The van der Waals surface area contributed by atoms with E-state index in [1.165, 1.54) is 6.21 Å². The second-order valence-electron chi connectivity index (χ2n) is 4.06. The predicted molar refractivity (Wildman–Crippen MR) is 64.9 cm³/mol. The van der Waals surface area contributed by atoms with Crippen molar-refractivity contribution in [2.24, 2.45) is 5.10 Å². The van der Waals surface area contributed by atoms with Crippen molar-refractivity contribution in [1.29, 1.82) is 0 Å². The van der Waals surface area contributed by atoms with Crippen LogP contribution in [-0.4, -0.2) is 36.1 Å². The van der Waals surface area contributed by atoms with Gasteiger partial charge in [0.1, 0.15) is 0 Å². The second-order valence-corrected chi connectivity index (χ2v) is 4.06. The molecule has 1 saturated heterocycles. The van der Waals surface area contributed by atoms with Crippen LogP contribution < -0.4 is 5.43 Å². The second kappa shape index (κ2) is 5.70. The van der Waals surface area contributed by atoms with Crippen LogP contribution in [-0.2, 0) is 14.3 Å². The lowest BCUT2D eigenvalue weighted by molar-refractivity contribution is -0.159. The summed E-state index contributed by atoms with van der Waals surface area (Å²) in [6.07, 6.45) is 3.26. The molecule has 1 N–H and O–H groups in total. The molecule has 0 aromatic carbocycles. The Balaban J connectivity index is 1.80. The monoisotopic (exact) mass is 249 g/mol. The Morgan fingerprint density at radius 3 is 3.00 bits per heavy atom. The molecule has 1 amide bonds. The van der Waals surface area contributed by atoms with Gasteiger partial charge in [0.05, 0.1) is 31.5 Å². The van der Waals surface area contributed by atoms with Gasteiger partial charge >= 0.3 is 0 Å². The molecule has 0 atom stereocenters. The molecule has 1 fully saturated rings. The Bertz CT molecular complexity index is 427. The van der Waals surface area contributed by atoms with Gasteiger partial charge in [-0.05, 0) is 19.1 Å². The van der Waals surface area contributed by atoms with Crippen molar-refractivity contribution in [1.82, 2.24) is 10.4 Å². The zero-order valence-electron chi connectivity index (χ0n) is 10.1. The summed E-state index contributed by atoms with van der Waals surface area (Å²) in [4.78, 5) is 15.6. The van der Waals surface area contributed by atoms with E-state index in [-0.39, 0.29) is 12.3 Å². The van der Waals surface area contributed by atoms with E-state index in [0.29, 0.717) is 18.9 Å². The molecular weight excluding hydrogens is 234 g/mol. The fourth-order valence-corrected chi connectivity index (χ4v) is 1.61. The molecule has 0 bridgehead atoms. The maximum Gasteiger partial charge on any atom is 0.245 e. The van der Waals surface area contributed by atoms with Crippen LogP contribution in [0.1, 0.15) is 19.0 Å². The third kappa shape index (κ3) is 3.61. The lowest BCUT2D eigenvalue weighted by Gasteiger charge is -2.20. The van der Waals surface area contributed by atoms with Gasteiger partial charge in [0.15, 0.2) is 5.79 Å². The molecule has 96 valence electrons. The number of aromatic nitrogens is 1. The predicted octanol–water partition coefficient (Wildman–Crippen LogP) is 0.685. The molecule has 1 aromatic rings. The molecule has 2 heterocycles. The van der Waals surface area contributed by atoms with Crippen molar-refractivity contribution < 1.29 is 14.3 Å². The number of hydrogen-bond acceptors (Lipinski definition) is 5. The summed E-state index contributed by atoms with van der Waals surface area (Å²) in [6, 6.07) is 5.45. The van der Waals surface area contributed by atoms with Crippen molar-refractivity contribution in [3.8, 4) is 0 Å². The fourth-order valence-electron chi connectivity index (χ4n) is 1.61. The molecule has 1 aliphatic rings. The summed E-state index contributed by atoms with van der Waals surface area (Å²) in [5, 5.41) is 3.82.